The molecule has 2 N–H and O–H groups in total. The number of aromatic nitrogens is 6. The number of carbonyl (C=O) groups excluding carboxylic acids is 1. The van der Waals surface area contributed by atoms with Gasteiger partial charge < -0.3 is 25.0 Å². The number of amides is 1. The molecule has 5 aromatic rings. The number of fused-ring (bicyclic) bond motifs is 3. The third-order valence-corrected chi connectivity index (χ3v) is 14.8. The highest BCUT2D eigenvalue weighted by Gasteiger charge is 2.50. The van der Waals surface area contributed by atoms with Crippen LogP contribution in [0.2, 0.25) is 5.02 Å². The number of likely N-dealkylation sites (tertiary alicyclic amines) is 1. The highest BCUT2D eigenvalue weighted by Crippen LogP contribution is 2.51. The van der Waals surface area contributed by atoms with Crippen molar-refractivity contribution < 1.29 is 36.2 Å². The molecule has 0 radical (unpaired) electrons. The number of nitrogens with zero attached hydrogens (tertiary/aromatic N) is 10. The van der Waals surface area contributed by atoms with E-state index in [-0.39, 0.29) is 86.8 Å². The van der Waals surface area contributed by atoms with E-state index < -0.39 is 40.3 Å². The molecule has 65 heavy (non-hydrogen) atoms. The van der Waals surface area contributed by atoms with E-state index in [2.05, 4.69) is 25.9 Å². The van der Waals surface area contributed by atoms with E-state index in [0.717, 1.165) is 42.7 Å². The van der Waals surface area contributed by atoms with Crippen molar-refractivity contribution in [2.75, 3.05) is 37.7 Å². The smallest absolute Gasteiger partial charge is 0.433 e. The Morgan fingerprint density at radius 1 is 1.11 bits per heavy atom. The van der Waals surface area contributed by atoms with Gasteiger partial charge in [-0.05, 0) is 89.6 Å². The Labute approximate surface area is 380 Å². The Balaban J connectivity index is 1.08. The minimum absolute atomic E-state index is 0.0148. The lowest BCUT2D eigenvalue weighted by atomic mass is 9.90. The molecule has 3 saturated heterocycles. The molecule has 2 aromatic carbocycles. The molecule has 7 heterocycles. The fraction of sp³-hybridized carbons (Fsp3) is 0.477. The van der Waals surface area contributed by atoms with Crippen molar-refractivity contribution in [3.63, 3.8) is 0 Å². The molecule has 3 aromatic heterocycles. The number of rotatable bonds is 10. The quantitative estimate of drug-likeness (QED) is 0.133. The van der Waals surface area contributed by atoms with Crippen molar-refractivity contribution in [2.24, 2.45) is 5.73 Å². The van der Waals surface area contributed by atoms with E-state index in [1.807, 2.05) is 25.7 Å². The van der Waals surface area contributed by atoms with E-state index in [4.69, 9.17) is 36.8 Å². The monoisotopic (exact) mass is 937 g/mol. The van der Waals surface area contributed by atoms with E-state index in [0.29, 0.717) is 50.5 Å². The molecule has 3 fully saturated rings. The molecule has 21 heteroatoms. The molecule has 342 valence electrons. The molecule has 0 saturated carbocycles. The molecule has 0 aliphatic carbocycles. The Morgan fingerprint density at radius 2 is 1.91 bits per heavy atom. The number of nitriles is 1. The average Bonchev–Trinajstić information content (AvgIpc) is 4.09. The summed E-state index contributed by atoms with van der Waals surface area (Å²) in [6.45, 7) is 9.23. The summed E-state index contributed by atoms with van der Waals surface area (Å²) in [4.78, 5) is 41.3. The van der Waals surface area contributed by atoms with Crippen LogP contribution in [-0.4, -0.2) is 107 Å². The number of aryl methyl sites for hydroxylation is 2. The van der Waals surface area contributed by atoms with Crippen molar-refractivity contribution >= 4 is 46.1 Å². The maximum Gasteiger partial charge on any atom is 0.433 e. The van der Waals surface area contributed by atoms with Gasteiger partial charge >= 0.3 is 18.2 Å². The summed E-state index contributed by atoms with van der Waals surface area (Å²) in [5.41, 5.74) is 5.67. The van der Waals surface area contributed by atoms with Crippen molar-refractivity contribution in [3.05, 3.63) is 76.2 Å². The molecule has 4 aliphatic rings. The van der Waals surface area contributed by atoms with Crippen LogP contribution in [-0.2, 0) is 6.18 Å². The molecule has 6 atom stereocenters. The average molecular weight is 938 g/mol. The summed E-state index contributed by atoms with van der Waals surface area (Å²) < 4.78 is 86.6. The predicted octanol–water partition coefficient (Wildman–Crippen LogP) is 8.26. The summed E-state index contributed by atoms with van der Waals surface area (Å²) in [5.74, 6) is -1.63. The number of hydrogen-bond acceptors (Lipinski definition) is 13. The predicted molar refractivity (Wildman–Crippen MR) is 232 cm³/mol. The number of imidazole rings is 1. The number of thioether (sulfide) groups is 1. The van der Waals surface area contributed by atoms with Crippen molar-refractivity contribution in [3.8, 4) is 29.1 Å². The number of ether oxygens (including phenoxy) is 2. The maximum absolute atomic E-state index is 17.6. The second kappa shape index (κ2) is 17.1. The van der Waals surface area contributed by atoms with E-state index >= 15 is 8.78 Å². The van der Waals surface area contributed by atoms with Crippen molar-refractivity contribution in [2.45, 2.75) is 106 Å². The summed E-state index contributed by atoms with van der Waals surface area (Å²) >= 11 is 8.03. The van der Waals surface area contributed by atoms with Crippen LogP contribution in [0, 0.1) is 36.8 Å². The second-order valence-electron chi connectivity index (χ2n) is 17.0. The van der Waals surface area contributed by atoms with Crippen molar-refractivity contribution in [1.29, 1.82) is 5.26 Å². The topological polar surface area (TPSA) is 164 Å². The lowest BCUT2D eigenvalue weighted by Gasteiger charge is -2.35. The van der Waals surface area contributed by atoms with Crippen LogP contribution in [0.3, 0.4) is 0 Å². The van der Waals surface area contributed by atoms with Crippen LogP contribution in [0.25, 0.3) is 22.0 Å². The molecule has 0 spiro atoms. The fourth-order valence-electron chi connectivity index (χ4n) is 10.3. The SMILES string of the molecule is CCN(c1nc(OCC23CCCN2C(COc2cc(C(F)(F)F)ncn2)CC3)nc2c(F)c(-c3ccc(F)c4c3C(C#N)C(N)S4)c(Cl)cc12)C1CCN(C(=O)n2cc(C)nc2C)C1C. The lowest BCUT2D eigenvalue weighted by Crippen LogP contribution is -2.48. The zero-order chi connectivity index (χ0) is 46.1. The number of nitrogens with two attached hydrogens (primary N) is 1. The first-order valence-corrected chi connectivity index (χ1v) is 22.7. The van der Waals surface area contributed by atoms with Gasteiger partial charge in [0.15, 0.2) is 11.5 Å². The molecular weight excluding hydrogens is 893 g/mol. The summed E-state index contributed by atoms with van der Waals surface area (Å²) in [7, 11) is 0. The molecule has 14 nitrogen and oxygen atoms in total. The number of alkyl halides is 3. The maximum atomic E-state index is 17.6. The molecule has 4 aliphatic heterocycles. The van der Waals surface area contributed by atoms with E-state index in [1.165, 1.54) is 16.7 Å². The van der Waals surface area contributed by atoms with E-state index in [1.54, 1.807) is 24.1 Å². The first-order chi connectivity index (χ1) is 31.0. The molecular formula is C44H45ClF5N11O3S. The Kier molecular flexibility index (Phi) is 11.8. The van der Waals surface area contributed by atoms with Crippen LogP contribution in [0.5, 0.6) is 11.9 Å². The number of carbonyl (C=O) groups is 1. The van der Waals surface area contributed by atoms with Crippen molar-refractivity contribution in [1.82, 2.24) is 39.3 Å². The van der Waals surface area contributed by atoms with Crippen LogP contribution in [0.15, 0.2) is 41.7 Å². The largest absolute Gasteiger partial charge is 0.476 e. The Morgan fingerprint density at radius 3 is 2.63 bits per heavy atom. The fourth-order valence-corrected chi connectivity index (χ4v) is 11.7. The van der Waals surface area contributed by atoms with Gasteiger partial charge in [0.1, 0.15) is 42.5 Å². The third-order valence-electron chi connectivity index (χ3n) is 13.3. The zero-order valence-electron chi connectivity index (χ0n) is 35.9. The number of halogens is 6. The highest BCUT2D eigenvalue weighted by atomic mass is 35.5. The Bertz CT molecular complexity index is 2740. The molecule has 9 rings (SSSR count). The summed E-state index contributed by atoms with van der Waals surface area (Å²) in [5, 5.41) is 9.59. The van der Waals surface area contributed by atoms with Gasteiger partial charge in [-0.2, -0.15) is 28.4 Å². The number of anilines is 1. The first-order valence-electron chi connectivity index (χ1n) is 21.4. The first kappa shape index (κ1) is 44.8. The lowest BCUT2D eigenvalue weighted by molar-refractivity contribution is -0.141. The summed E-state index contributed by atoms with van der Waals surface area (Å²) in [6, 6.07) is 6.03. The minimum atomic E-state index is -4.64. The standard InChI is InChI=1S/C44H45ClF5N11O3S/c1-5-58(31-10-14-59(23(31)3)42(62)60-18-22(2)55-24(60)4)40-27-15-29(45)35(26-7-8-30(46)38-34(26)28(17-51)39(52)65-38)36(47)37(27)56-41(57-40)64-20-43-11-6-13-61(43)25(9-12-43)19-63-33-16-32(44(48,49)50)53-21-54-33/h7-8,15-16,18,21,23,25,28,31,39H,5-6,9-14,19-20,52H2,1-4H3. The van der Waals surface area contributed by atoms with Gasteiger partial charge in [0.25, 0.3) is 0 Å². The number of likely N-dealkylation sites (N-methyl/N-ethyl adjacent to an activating group) is 1. The number of benzene rings is 2. The van der Waals surface area contributed by atoms with Gasteiger partial charge in [-0.3, -0.25) is 9.47 Å². The van der Waals surface area contributed by atoms with Gasteiger partial charge in [-0.1, -0.05) is 17.7 Å². The Hall–Kier alpha value is -5.36. The minimum Gasteiger partial charge on any atom is -0.476 e. The van der Waals surface area contributed by atoms with Crippen LogP contribution in [0.1, 0.15) is 74.6 Å². The molecule has 6 unspecified atom stereocenters. The van der Waals surface area contributed by atoms with Gasteiger partial charge in [0.2, 0.25) is 5.88 Å². The van der Waals surface area contributed by atoms with Crippen LogP contribution < -0.4 is 20.1 Å². The van der Waals surface area contributed by atoms with Crippen LogP contribution in [0.4, 0.5) is 32.6 Å². The normalized spacial score (nSPS) is 24.1. The summed E-state index contributed by atoms with van der Waals surface area (Å²) in [6.07, 6.45) is 1.39. The third kappa shape index (κ3) is 7.87. The van der Waals surface area contributed by atoms with Gasteiger partial charge in [0, 0.05) is 47.2 Å². The molecule has 0 bridgehead atoms. The van der Waals surface area contributed by atoms with Gasteiger partial charge in [-0.25, -0.2) is 28.5 Å². The number of hydrogen-bond donors (Lipinski definition) is 1. The highest BCUT2D eigenvalue weighted by molar-refractivity contribution is 8.00. The van der Waals surface area contributed by atoms with Crippen LogP contribution >= 0.6 is 23.4 Å². The molecule has 1 amide bonds. The van der Waals surface area contributed by atoms with Gasteiger partial charge in [0.05, 0.1) is 45.7 Å². The zero-order valence-corrected chi connectivity index (χ0v) is 37.4. The van der Waals surface area contributed by atoms with Gasteiger partial charge in [-0.15, -0.1) is 11.8 Å². The van der Waals surface area contributed by atoms with E-state index in [9.17, 15) is 23.2 Å². The second-order valence-corrected chi connectivity index (χ2v) is 18.6.